The largest absolute Gasteiger partial charge is 0.315 e. The van der Waals surface area contributed by atoms with Gasteiger partial charge in [0, 0.05) is 57.7 Å². The Hall–Kier alpha value is -0.970. The van der Waals surface area contributed by atoms with Gasteiger partial charge in [-0.25, -0.2) is 0 Å². The van der Waals surface area contributed by atoms with Crippen LogP contribution in [0.3, 0.4) is 0 Å². The van der Waals surface area contributed by atoms with Crippen LogP contribution in [0.5, 0.6) is 0 Å². The van der Waals surface area contributed by atoms with Crippen LogP contribution in [-0.4, -0.2) is 60.1 Å². The van der Waals surface area contributed by atoms with Crippen molar-refractivity contribution in [3.05, 3.63) is 30.1 Å². The quantitative estimate of drug-likeness (QED) is 0.844. The third-order valence-electron chi connectivity index (χ3n) is 4.11. The summed E-state index contributed by atoms with van der Waals surface area (Å²) in [5.41, 5.74) is 1.38. The van der Waals surface area contributed by atoms with Crippen molar-refractivity contribution in [2.75, 3.05) is 39.3 Å². The average molecular weight is 246 g/mol. The lowest BCUT2D eigenvalue weighted by molar-refractivity contribution is 0.0981. The molecule has 0 bridgehead atoms. The summed E-state index contributed by atoms with van der Waals surface area (Å²) in [6, 6.07) is 5.02. The molecule has 2 fully saturated rings. The van der Waals surface area contributed by atoms with Gasteiger partial charge in [-0.2, -0.15) is 0 Å². The topological polar surface area (TPSA) is 31.4 Å². The summed E-state index contributed by atoms with van der Waals surface area (Å²) >= 11 is 0. The van der Waals surface area contributed by atoms with Crippen LogP contribution in [0.2, 0.25) is 0 Å². The number of pyridine rings is 1. The highest BCUT2D eigenvalue weighted by Gasteiger charge is 2.25. The Morgan fingerprint density at radius 1 is 1.17 bits per heavy atom. The second-order valence-corrected chi connectivity index (χ2v) is 5.31. The van der Waals surface area contributed by atoms with Gasteiger partial charge < -0.3 is 5.32 Å². The number of hydrogen-bond acceptors (Lipinski definition) is 4. The summed E-state index contributed by atoms with van der Waals surface area (Å²) < 4.78 is 0. The smallest absolute Gasteiger partial charge is 0.0271 e. The molecule has 0 aromatic carbocycles. The van der Waals surface area contributed by atoms with Crippen molar-refractivity contribution in [2.24, 2.45) is 0 Å². The molecule has 3 heterocycles. The average Bonchev–Trinajstić information content (AvgIpc) is 2.95. The molecule has 1 aromatic heterocycles. The Morgan fingerprint density at radius 3 is 2.61 bits per heavy atom. The van der Waals surface area contributed by atoms with E-state index >= 15 is 0 Å². The Kier molecular flexibility index (Phi) is 3.88. The van der Waals surface area contributed by atoms with Gasteiger partial charge in [0.25, 0.3) is 0 Å². The van der Waals surface area contributed by atoms with Crippen molar-refractivity contribution < 1.29 is 0 Å². The summed E-state index contributed by atoms with van der Waals surface area (Å²) in [5, 5.41) is 3.46. The van der Waals surface area contributed by atoms with E-state index in [-0.39, 0.29) is 0 Å². The van der Waals surface area contributed by atoms with E-state index in [9.17, 15) is 0 Å². The molecule has 0 radical (unpaired) electrons. The van der Waals surface area contributed by atoms with Crippen LogP contribution in [0.4, 0.5) is 0 Å². The number of nitrogens with one attached hydrogen (secondary N) is 1. The molecule has 0 saturated carbocycles. The van der Waals surface area contributed by atoms with Crippen LogP contribution < -0.4 is 5.32 Å². The molecule has 18 heavy (non-hydrogen) atoms. The van der Waals surface area contributed by atoms with Gasteiger partial charge in [0.1, 0.15) is 0 Å². The fourth-order valence-corrected chi connectivity index (χ4v) is 2.98. The first-order valence-electron chi connectivity index (χ1n) is 6.98. The molecule has 1 N–H and O–H groups in total. The third kappa shape index (κ3) is 2.88. The highest BCUT2D eigenvalue weighted by Crippen LogP contribution is 2.13. The zero-order valence-electron chi connectivity index (χ0n) is 10.9. The molecule has 2 aliphatic rings. The summed E-state index contributed by atoms with van der Waals surface area (Å²) in [4.78, 5) is 9.27. The van der Waals surface area contributed by atoms with E-state index in [1.165, 1.54) is 51.3 Å². The molecule has 2 saturated heterocycles. The minimum absolute atomic E-state index is 0.785. The van der Waals surface area contributed by atoms with E-state index in [4.69, 9.17) is 0 Å². The van der Waals surface area contributed by atoms with Gasteiger partial charge in [-0.05, 0) is 30.7 Å². The van der Waals surface area contributed by atoms with Crippen molar-refractivity contribution in [3.8, 4) is 0 Å². The molecule has 3 rings (SSSR count). The zero-order valence-corrected chi connectivity index (χ0v) is 10.9. The first-order chi connectivity index (χ1) is 8.92. The van der Waals surface area contributed by atoms with Crippen LogP contribution in [0.1, 0.15) is 12.0 Å². The van der Waals surface area contributed by atoms with Gasteiger partial charge in [0.15, 0.2) is 0 Å². The lowest BCUT2D eigenvalue weighted by Crippen LogP contribution is -2.50. The Balaban J connectivity index is 1.48. The lowest BCUT2D eigenvalue weighted by atomic mass is 10.1. The maximum Gasteiger partial charge on any atom is 0.0271 e. The van der Waals surface area contributed by atoms with Crippen molar-refractivity contribution in [3.63, 3.8) is 0 Å². The minimum atomic E-state index is 0.785. The van der Waals surface area contributed by atoms with Crippen molar-refractivity contribution in [2.45, 2.75) is 19.0 Å². The monoisotopic (exact) mass is 246 g/mol. The molecular formula is C14H22N4. The van der Waals surface area contributed by atoms with Crippen molar-refractivity contribution in [1.29, 1.82) is 0 Å². The molecule has 0 aliphatic carbocycles. The molecule has 98 valence electrons. The van der Waals surface area contributed by atoms with Gasteiger partial charge >= 0.3 is 0 Å². The number of hydrogen-bond donors (Lipinski definition) is 1. The van der Waals surface area contributed by atoms with E-state index in [1.807, 2.05) is 12.4 Å². The standard InChI is InChI=1S/C14H22N4/c1-4-15-5-2-13(1)12-17-7-9-18(10-8-17)14-3-6-16-11-14/h1-2,4-5,14,16H,3,6-12H2. The van der Waals surface area contributed by atoms with Gasteiger partial charge in [-0.1, -0.05) is 0 Å². The maximum absolute atomic E-state index is 4.07. The molecule has 1 atom stereocenters. The highest BCUT2D eigenvalue weighted by molar-refractivity contribution is 5.09. The number of rotatable bonds is 3. The molecule has 4 heteroatoms. The van der Waals surface area contributed by atoms with Crippen LogP contribution in [0.25, 0.3) is 0 Å². The summed E-state index contributed by atoms with van der Waals surface area (Å²) in [6.45, 7) is 8.28. The molecular weight excluding hydrogens is 224 g/mol. The van der Waals surface area contributed by atoms with E-state index in [0.717, 1.165) is 12.6 Å². The fourth-order valence-electron chi connectivity index (χ4n) is 2.98. The van der Waals surface area contributed by atoms with Crippen molar-refractivity contribution >= 4 is 0 Å². The van der Waals surface area contributed by atoms with Crippen LogP contribution in [-0.2, 0) is 6.54 Å². The van der Waals surface area contributed by atoms with E-state index in [2.05, 4.69) is 32.2 Å². The van der Waals surface area contributed by atoms with Crippen LogP contribution >= 0.6 is 0 Å². The molecule has 0 amide bonds. The van der Waals surface area contributed by atoms with E-state index in [0.29, 0.717) is 0 Å². The number of aromatic nitrogens is 1. The van der Waals surface area contributed by atoms with Crippen molar-refractivity contribution in [1.82, 2.24) is 20.1 Å². The van der Waals surface area contributed by atoms with E-state index < -0.39 is 0 Å². The first kappa shape index (κ1) is 12.1. The number of nitrogens with zero attached hydrogens (tertiary/aromatic N) is 3. The number of piperazine rings is 1. The van der Waals surface area contributed by atoms with Gasteiger partial charge in [-0.15, -0.1) is 0 Å². The summed E-state index contributed by atoms with van der Waals surface area (Å²) in [5.74, 6) is 0. The zero-order chi connectivity index (χ0) is 12.2. The highest BCUT2D eigenvalue weighted by atomic mass is 15.3. The van der Waals surface area contributed by atoms with Gasteiger partial charge in [0.05, 0.1) is 0 Å². The maximum atomic E-state index is 4.07. The molecule has 0 spiro atoms. The SMILES string of the molecule is c1cc(CN2CCN(C3CCNC3)CC2)ccn1. The Bertz CT molecular complexity index is 353. The third-order valence-corrected chi connectivity index (χ3v) is 4.11. The minimum Gasteiger partial charge on any atom is -0.315 e. The first-order valence-corrected chi connectivity index (χ1v) is 6.98. The molecule has 1 aromatic rings. The lowest BCUT2D eigenvalue weighted by Gasteiger charge is -2.37. The molecule has 4 nitrogen and oxygen atoms in total. The molecule has 1 unspecified atom stereocenters. The normalized spacial score (nSPS) is 26.6. The van der Waals surface area contributed by atoms with Crippen LogP contribution in [0, 0.1) is 0 Å². The predicted octanol–water partition coefficient (Wildman–Crippen LogP) is 0.561. The Labute approximate surface area is 109 Å². The predicted molar refractivity (Wildman–Crippen MR) is 72.4 cm³/mol. The fraction of sp³-hybridized carbons (Fsp3) is 0.643. The van der Waals surface area contributed by atoms with Crippen LogP contribution in [0.15, 0.2) is 24.5 Å². The second kappa shape index (κ2) is 5.78. The van der Waals surface area contributed by atoms with Gasteiger partial charge in [-0.3, -0.25) is 14.8 Å². The Morgan fingerprint density at radius 2 is 1.94 bits per heavy atom. The van der Waals surface area contributed by atoms with Gasteiger partial charge in [0.2, 0.25) is 0 Å². The second-order valence-electron chi connectivity index (χ2n) is 5.31. The summed E-state index contributed by atoms with van der Waals surface area (Å²) in [7, 11) is 0. The summed E-state index contributed by atoms with van der Waals surface area (Å²) in [6.07, 6.45) is 5.09. The van der Waals surface area contributed by atoms with E-state index in [1.54, 1.807) is 0 Å². The molecule has 2 aliphatic heterocycles.